The first-order chi connectivity index (χ1) is 12.5. The maximum atomic E-state index is 12.3. The molecule has 0 radical (unpaired) electrons. The van der Waals surface area contributed by atoms with Crippen LogP contribution in [0, 0.1) is 0 Å². The second-order valence-corrected chi connectivity index (χ2v) is 7.00. The molecule has 0 aliphatic carbocycles. The third kappa shape index (κ3) is 4.36. The highest BCUT2D eigenvalue weighted by molar-refractivity contribution is 6.30. The number of hydrogen-bond donors (Lipinski definition) is 2. The number of anilines is 1. The molecule has 0 atom stereocenters. The highest BCUT2D eigenvalue weighted by Gasteiger charge is 2.34. The van der Waals surface area contributed by atoms with Gasteiger partial charge in [0.05, 0.1) is 24.9 Å². The van der Waals surface area contributed by atoms with Gasteiger partial charge in [-0.25, -0.2) is 0 Å². The Bertz CT molecular complexity index is 756. The zero-order chi connectivity index (χ0) is 18.6. The average Bonchev–Trinajstić information content (AvgIpc) is 2.64. The number of carbonyl (C=O) groups excluding carboxylic acids is 1. The van der Waals surface area contributed by atoms with Crippen LogP contribution in [0.15, 0.2) is 48.5 Å². The number of rotatable bonds is 5. The molecule has 0 unspecified atom stereocenters. The Morgan fingerprint density at radius 2 is 1.85 bits per heavy atom. The summed E-state index contributed by atoms with van der Waals surface area (Å²) in [6.45, 7) is 1.59. The summed E-state index contributed by atoms with van der Waals surface area (Å²) in [5.74, 6) is 0.544. The molecule has 2 aromatic carbocycles. The van der Waals surface area contributed by atoms with Crippen LogP contribution in [0.25, 0.3) is 0 Å². The maximum Gasteiger partial charge on any atom is 0.238 e. The molecule has 0 saturated carbocycles. The fourth-order valence-corrected chi connectivity index (χ4v) is 3.40. The molecule has 5 nitrogen and oxygen atoms in total. The van der Waals surface area contributed by atoms with Crippen molar-refractivity contribution in [2.75, 3.05) is 32.1 Å². The SMILES string of the molecule is COc1ccccc1NC(=O)CN1CCC(O)(c2ccc(Cl)cc2)CC1. The summed E-state index contributed by atoms with van der Waals surface area (Å²) >= 11 is 5.92. The molecule has 0 bridgehead atoms. The minimum Gasteiger partial charge on any atom is -0.495 e. The van der Waals surface area contributed by atoms with Crippen molar-refractivity contribution in [3.05, 3.63) is 59.1 Å². The van der Waals surface area contributed by atoms with E-state index < -0.39 is 5.60 Å². The minimum absolute atomic E-state index is 0.0913. The first kappa shape index (κ1) is 18.7. The molecule has 26 heavy (non-hydrogen) atoms. The van der Waals surface area contributed by atoms with Gasteiger partial charge in [0.25, 0.3) is 0 Å². The van der Waals surface area contributed by atoms with Crippen molar-refractivity contribution in [2.24, 2.45) is 0 Å². The van der Waals surface area contributed by atoms with E-state index >= 15 is 0 Å². The van der Waals surface area contributed by atoms with E-state index in [1.807, 2.05) is 36.4 Å². The normalized spacial score (nSPS) is 16.9. The number of piperidine rings is 1. The van der Waals surface area contributed by atoms with Gasteiger partial charge in [-0.15, -0.1) is 0 Å². The summed E-state index contributed by atoms with van der Waals surface area (Å²) in [5.41, 5.74) is 0.676. The van der Waals surface area contributed by atoms with E-state index in [9.17, 15) is 9.90 Å². The second-order valence-electron chi connectivity index (χ2n) is 6.56. The van der Waals surface area contributed by atoms with Crippen LogP contribution in [0.3, 0.4) is 0 Å². The van der Waals surface area contributed by atoms with Gasteiger partial charge in [-0.3, -0.25) is 9.69 Å². The standard InChI is InChI=1S/C20H23ClN2O3/c1-26-18-5-3-2-4-17(18)22-19(24)14-23-12-10-20(25,11-13-23)15-6-8-16(21)9-7-15/h2-9,25H,10-14H2,1H3,(H,22,24). The fourth-order valence-electron chi connectivity index (χ4n) is 3.27. The first-order valence-corrected chi connectivity index (χ1v) is 9.02. The first-order valence-electron chi connectivity index (χ1n) is 8.64. The van der Waals surface area contributed by atoms with E-state index in [0.717, 1.165) is 5.56 Å². The average molecular weight is 375 g/mol. The number of ether oxygens (including phenoxy) is 1. The Balaban J connectivity index is 1.55. The van der Waals surface area contributed by atoms with Crippen LogP contribution in [0.5, 0.6) is 5.75 Å². The highest BCUT2D eigenvalue weighted by Crippen LogP contribution is 2.33. The lowest BCUT2D eigenvalue weighted by Gasteiger charge is -2.38. The number of aliphatic hydroxyl groups is 1. The Morgan fingerprint density at radius 3 is 2.50 bits per heavy atom. The molecule has 1 saturated heterocycles. The van der Waals surface area contributed by atoms with Gasteiger partial charge in [0.1, 0.15) is 5.75 Å². The molecule has 1 aliphatic heterocycles. The van der Waals surface area contributed by atoms with E-state index in [4.69, 9.17) is 16.3 Å². The summed E-state index contributed by atoms with van der Waals surface area (Å²) in [7, 11) is 1.58. The molecule has 1 amide bonds. The van der Waals surface area contributed by atoms with E-state index in [1.165, 1.54) is 0 Å². The highest BCUT2D eigenvalue weighted by atomic mass is 35.5. The topological polar surface area (TPSA) is 61.8 Å². The molecule has 0 aromatic heterocycles. The van der Waals surface area contributed by atoms with Crippen molar-refractivity contribution in [1.82, 2.24) is 4.90 Å². The summed E-state index contributed by atoms with van der Waals surface area (Å²) < 4.78 is 5.25. The van der Waals surface area contributed by atoms with Crippen LogP contribution >= 0.6 is 11.6 Å². The van der Waals surface area contributed by atoms with Gasteiger partial charge in [0, 0.05) is 18.1 Å². The van der Waals surface area contributed by atoms with Crippen LogP contribution in [0.2, 0.25) is 5.02 Å². The monoisotopic (exact) mass is 374 g/mol. The zero-order valence-corrected chi connectivity index (χ0v) is 15.5. The van der Waals surface area contributed by atoms with Gasteiger partial charge in [-0.05, 0) is 42.7 Å². The van der Waals surface area contributed by atoms with Crippen molar-refractivity contribution in [3.63, 3.8) is 0 Å². The lowest BCUT2D eigenvalue weighted by Crippen LogP contribution is -2.45. The van der Waals surface area contributed by atoms with E-state index in [2.05, 4.69) is 10.2 Å². The van der Waals surface area contributed by atoms with E-state index in [0.29, 0.717) is 42.4 Å². The Hall–Kier alpha value is -2.08. The van der Waals surface area contributed by atoms with Crippen LogP contribution in [0.4, 0.5) is 5.69 Å². The quantitative estimate of drug-likeness (QED) is 0.843. The van der Waals surface area contributed by atoms with Crippen molar-refractivity contribution < 1.29 is 14.6 Å². The number of para-hydroxylation sites is 2. The fraction of sp³-hybridized carbons (Fsp3) is 0.350. The second kappa shape index (κ2) is 8.08. The van der Waals surface area contributed by atoms with Gasteiger partial charge in [0.2, 0.25) is 5.91 Å². The van der Waals surface area contributed by atoms with Crippen LogP contribution in [-0.4, -0.2) is 42.7 Å². The summed E-state index contributed by atoms with van der Waals surface area (Å²) in [4.78, 5) is 14.4. The van der Waals surface area contributed by atoms with Crippen molar-refractivity contribution in [1.29, 1.82) is 0 Å². The molecule has 1 aliphatic rings. The summed E-state index contributed by atoms with van der Waals surface area (Å²) in [6, 6.07) is 14.7. The lowest BCUT2D eigenvalue weighted by molar-refractivity contribution is -0.118. The Kier molecular flexibility index (Phi) is 5.81. The van der Waals surface area contributed by atoms with E-state index in [-0.39, 0.29) is 12.5 Å². The van der Waals surface area contributed by atoms with Gasteiger partial charge >= 0.3 is 0 Å². The number of carbonyl (C=O) groups is 1. The predicted molar refractivity (Wildman–Crippen MR) is 103 cm³/mol. The molecular weight excluding hydrogens is 352 g/mol. The van der Waals surface area contributed by atoms with Gasteiger partial charge in [0.15, 0.2) is 0 Å². The van der Waals surface area contributed by atoms with Crippen molar-refractivity contribution in [2.45, 2.75) is 18.4 Å². The third-order valence-electron chi connectivity index (χ3n) is 4.81. The number of benzene rings is 2. The molecule has 6 heteroatoms. The minimum atomic E-state index is -0.861. The smallest absolute Gasteiger partial charge is 0.238 e. The number of amides is 1. The van der Waals surface area contributed by atoms with Gasteiger partial charge in [-0.1, -0.05) is 35.9 Å². The van der Waals surface area contributed by atoms with Gasteiger partial charge < -0.3 is 15.2 Å². The van der Waals surface area contributed by atoms with Crippen molar-refractivity contribution in [3.8, 4) is 5.75 Å². The molecule has 1 heterocycles. The van der Waals surface area contributed by atoms with E-state index in [1.54, 1.807) is 19.2 Å². The number of likely N-dealkylation sites (tertiary alicyclic amines) is 1. The van der Waals surface area contributed by atoms with Crippen LogP contribution in [0.1, 0.15) is 18.4 Å². The number of nitrogens with one attached hydrogen (secondary N) is 1. The number of methoxy groups -OCH3 is 1. The van der Waals surface area contributed by atoms with Gasteiger partial charge in [-0.2, -0.15) is 0 Å². The van der Waals surface area contributed by atoms with Crippen LogP contribution in [-0.2, 0) is 10.4 Å². The predicted octanol–water partition coefficient (Wildman–Crippen LogP) is 3.27. The summed E-state index contributed by atoms with van der Waals surface area (Å²) in [6.07, 6.45) is 1.16. The lowest BCUT2D eigenvalue weighted by atomic mass is 9.84. The molecule has 138 valence electrons. The number of hydrogen-bond acceptors (Lipinski definition) is 4. The molecule has 3 rings (SSSR count). The molecular formula is C20H23ClN2O3. The molecule has 1 fully saturated rings. The van der Waals surface area contributed by atoms with Crippen LogP contribution < -0.4 is 10.1 Å². The number of nitrogens with zero attached hydrogens (tertiary/aromatic N) is 1. The Labute approximate surface area is 158 Å². The maximum absolute atomic E-state index is 12.3. The largest absolute Gasteiger partial charge is 0.495 e. The molecule has 2 aromatic rings. The summed E-state index contributed by atoms with van der Waals surface area (Å²) in [5, 5.41) is 14.4. The number of halogens is 1. The van der Waals surface area contributed by atoms with Crippen molar-refractivity contribution >= 4 is 23.2 Å². The molecule has 2 N–H and O–H groups in total. The Morgan fingerprint density at radius 1 is 1.19 bits per heavy atom. The zero-order valence-electron chi connectivity index (χ0n) is 14.7. The molecule has 0 spiro atoms. The third-order valence-corrected chi connectivity index (χ3v) is 5.07.